The first-order chi connectivity index (χ1) is 9.15. The van der Waals surface area contributed by atoms with Gasteiger partial charge in [0, 0.05) is 35.9 Å². The first-order valence-electron chi connectivity index (χ1n) is 6.54. The van der Waals surface area contributed by atoms with Gasteiger partial charge in [0.25, 0.3) is 0 Å². The molecular weight excluding hydrogens is 236 g/mol. The molecule has 3 nitrogen and oxygen atoms in total. The van der Waals surface area contributed by atoms with Gasteiger partial charge in [-0.15, -0.1) is 0 Å². The summed E-state index contributed by atoms with van der Waals surface area (Å²) in [5, 5.41) is 9.42. The molecule has 2 rings (SSSR count). The highest BCUT2D eigenvalue weighted by atomic mass is 16.3. The summed E-state index contributed by atoms with van der Waals surface area (Å²) in [7, 11) is 2.01. The number of pyridine rings is 1. The molecule has 0 spiro atoms. The average Bonchev–Trinajstić information content (AvgIpc) is 2.46. The summed E-state index contributed by atoms with van der Waals surface area (Å²) in [5.41, 5.74) is 5.22. The molecule has 1 heterocycles. The average molecular weight is 256 g/mol. The topological polar surface area (TPSA) is 36.4 Å². The molecule has 0 saturated carbocycles. The largest absolute Gasteiger partial charge is 0.392 e. The third kappa shape index (κ3) is 2.93. The third-order valence-electron chi connectivity index (χ3n) is 3.36. The van der Waals surface area contributed by atoms with Gasteiger partial charge in [-0.1, -0.05) is 19.1 Å². The Hall–Kier alpha value is -1.87. The smallest absolute Gasteiger partial charge is 0.0717 e. The maximum atomic E-state index is 9.42. The standard InChI is InChI=1S/C16H20N2O/c1-4-13-5-7-15(8-6-13)18(3)16-9-12(2)17-10-14(16)11-19/h5-10,19H,4,11H2,1-3H3. The van der Waals surface area contributed by atoms with Crippen molar-refractivity contribution in [1.29, 1.82) is 0 Å². The highest BCUT2D eigenvalue weighted by Gasteiger charge is 2.09. The highest BCUT2D eigenvalue weighted by molar-refractivity contribution is 5.65. The van der Waals surface area contributed by atoms with Crippen LogP contribution in [0.4, 0.5) is 11.4 Å². The highest BCUT2D eigenvalue weighted by Crippen LogP contribution is 2.27. The molecule has 100 valence electrons. The summed E-state index contributed by atoms with van der Waals surface area (Å²) in [5.74, 6) is 0. The predicted molar refractivity (Wildman–Crippen MR) is 78.8 cm³/mol. The van der Waals surface area contributed by atoms with Crippen molar-refractivity contribution >= 4 is 11.4 Å². The van der Waals surface area contributed by atoms with Crippen LogP contribution >= 0.6 is 0 Å². The van der Waals surface area contributed by atoms with E-state index in [0.717, 1.165) is 29.1 Å². The number of hydrogen-bond donors (Lipinski definition) is 1. The van der Waals surface area contributed by atoms with Gasteiger partial charge in [0.05, 0.1) is 6.61 Å². The van der Waals surface area contributed by atoms with E-state index >= 15 is 0 Å². The van der Waals surface area contributed by atoms with Crippen molar-refractivity contribution in [2.24, 2.45) is 0 Å². The SMILES string of the molecule is CCc1ccc(N(C)c2cc(C)ncc2CO)cc1. The van der Waals surface area contributed by atoms with Gasteiger partial charge in [-0.3, -0.25) is 4.98 Å². The summed E-state index contributed by atoms with van der Waals surface area (Å²) in [4.78, 5) is 6.31. The number of benzene rings is 1. The Balaban J connectivity index is 2.36. The second-order valence-corrected chi connectivity index (χ2v) is 4.69. The minimum absolute atomic E-state index is 0.00000307. The minimum Gasteiger partial charge on any atom is -0.392 e. The first-order valence-corrected chi connectivity index (χ1v) is 6.54. The zero-order chi connectivity index (χ0) is 13.8. The molecule has 1 aromatic heterocycles. The molecule has 19 heavy (non-hydrogen) atoms. The second kappa shape index (κ2) is 5.85. The Morgan fingerprint density at radius 1 is 1.21 bits per heavy atom. The molecule has 0 unspecified atom stereocenters. The van der Waals surface area contributed by atoms with Crippen molar-refractivity contribution < 1.29 is 5.11 Å². The monoisotopic (exact) mass is 256 g/mol. The molecule has 0 atom stereocenters. The van der Waals surface area contributed by atoms with E-state index < -0.39 is 0 Å². The Labute approximate surface area is 114 Å². The van der Waals surface area contributed by atoms with Gasteiger partial charge < -0.3 is 10.0 Å². The van der Waals surface area contributed by atoms with E-state index in [4.69, 9.17) is 0 Å². The maximum absolute atomic E-state index is 9.42. The molecule has 0 saturated heterocycles. The maximum Gasteiger partial charge on any atom is 0.0717 e. The lowest BCUT2D eigenvalue weighted by molar-refractivity contribution is 0.282. The van der Waals surface area contributed by atoms with Crippen molar-refractivity contribution in [1.82, 2.24) is 4.98 Å². The molecule has 0 aliphatic heterocycles. The zero-order valence-corrected chi connectivity index (χ0v) is 11.7. The van der Waals surface area contributed by atoms with Gasteiger partial charge in [-0.05, 0) is 37.1 Å². The molecule has 0 fully saturated rings. The molecule has 3 heteroatoms. The fourth-order valence-electron chi connectivity index (χ4n) is 2.10. The van der Waals surface area contributed by atoms with Crippen LogP contribution in [0.15, 0.2) is 36.5 Å². The van der Waals surface area contributed by atoms with Crippen LogP contribution in [0.2, 0.25) is 0 Å². The number of hydrogen-bond acceptors (Lipinski definition) is 3. The number of rotatable bonds is 4. The Morgan fingerprint density at radius 3 is 2.47 bits per heavy atom. The summed E-state index contributed by atoms with van der Waals surface area (Å²) in [6, 6.07) is 10.5. The Bertz CT molecular complexity index is 549. The van der Waals surface area contributed by atoms with Crippen molar-refractivity contribution in [2.75, 3.05) is 11.9 Å². The second-order valence-electron chi connectivity index (χ2n) is 4.69. The van der Waals surface area contributed by atoms with Crippen molar-refractivity contribution in [2.45, 2.75) is 26.9 Å². The van der Waals surface area contributed by atoms with Crippen LogP contribution in [0, 0.1) is 6.92 Å². The van der Waals surface area contributed by atoms with E-state index in [-0.39, 0.29) is 6.61 Å². The Morgan fingerprint density at radius 2 is 1.89 bits per heavy atom. The fraction of sp³-hybridized carbons (Fsp3) is 0.312. The normalized spacial score (nSPS) is 10.5. The van der Waals surface area contributed by atoms with E-state index in [2.05, 4.69) is 41.1 Å². The van der Waals surface area contributed by atoms with Crippen LogP contribution in [-0.2, 0) is 13.0 Å². The molecule has 1 aromatic carbocycles. The number of aliphatic hydroxyl groups excluding tert-OH is 1. The van der Waals surface area contributed by atoms with Crippen LogP contribution in [-0.4, -0.2) is 17.1 Å². The molecule has 0 aliphatic carbocycles. The summed E-state index contributed by atoms with van der Waals surface area (Å²) < 4.78 is 0. The minimum atomic E-state index is -0.00000307. The summed E-state index contributed by atoms with van der Waals surface area (Å²) >= 11 is 0. The summed E-state index contributed by atoms with van der Waals surface area (Å²) in [6.07, 6.45) is 2.78. The lowest BCUT2D eigenvalue weighted by Crippen LogP contribution is -2.12. The van der Waals surface area contributed by atoms with E-state index in [9.17, 15) is 5.11 Å². The molecular formula is C16H20N2O. The van der Waals surface area contributed by atoms with E-state index in [0.29, 0.717) is 0 Å². The van der Waals surface area contributed by atoms with Crippen LogP contribution in [0.3, 0.4) is 0 Å². The predicted octanol–water partition coefficient (Wildman–Crippen LogP) is 3.21. The van der Waals surface area contributed by atoms with Gasteiger partial charge in [-0.2, -0.15) is 0 Å². The number of aromatic nitrogens is 1. The Kier molecular flexibility index (Phi) is 4.17. The van der Waals surface area contributed by atoms with Crippen molar-refractivity contribution in [3.63, 3.8) is 0 Å². The third-order valence-corrected chi connectivity index (χ3v) is 3.36. The van der Waals surface area contributed by atoms with Crippen molar-refractivity contribution in [3.8, 4) is 0 Å². The van der Waals surface area contributed by atoms with Crippen LogP contribution < -0.4 is 4.90 Å². The van der Waals surface area contributed by atoms with Crippen molar-refractivity contribution in [3.05, 3.63) is 53.3 Å². The van der Waals surface area contributed by atoms with Gasteiger partial charge in [0.15, 0.2) is 0 Å². The van der Waals surface area contributed by atoms with Crippen LogP contribution in [0.5, 0.6) is 0 Å². The summed E-state index contributed by atoms with van der Waals surface area (Å²) in [6.45, 7) is 4.10. The van der Waals surface area contributed by atoms with E-state index in [1.165, 1.54) is 5.56 Å². The van der Waals surface area contributed by atoms with Gasteiger partial charge in [-0.25, -0.2) is 0 Å². The van der Waals surface area contributed by atoms with Gasteiger partial charge in [0.2, 0.25) is 0 Å². The quantitative estimate of drug-likeness (QED) is 0.912. The number of aryl methyl sites for hydroxylation is 2. The molecule has 0 amide bonds. The lowest BCUT2D eigenvalue weighted by Gasteiger charge is -2.22. The van der Waals surface area contributed by atoms with Crippen LogP contribution in [0.1, 0.15) is 23.7 Å². The molecule has 0 bridgehead atoms. The zero-order valence-electron chi connectivity index (χ0n) is 11.7. The number of anilines is 2. The first kappa shape index (κ1) is 13.6. The van der Waals surface area contributed by atoms with Gasteiger partial charge in [0.1, 0.15) is 0 Å². The lowest BCUT2D eigenvalue weighted by atomic mass is 10.1. The van der Waals surface area contributed by atoms with Gasteiger partial charge >= 0.3 is 0 Å². The molecule has 0 aliphatic rings. The molecule has 1 N–H and O–H groups in total. The van der Waals surface area contributed by atoms with Crippen LogP contribution in [0.25, 0.3) is 0 Å². The van der Waals surface area contributed by atoms with E-state index in [1.54, 1.807) is 6.20 Å². The molecule has 2 aromatic rings. The molecule has 0 radical (unpaired) electrons. The number of nitrogens with zero attached hydrogens (tertiary/aromatic N) is 2. The number of aliphatic hydroxyl groups is 1. The van der Waals surface area contributed by atoms with E-state index in [1.807, 2.05) is 20.0 Å². The fourth-order valence-corrected chi connectivity index (χ4v) is 2.10.